The van der Waals surface area contributed by atoms with Gasteiger partial charge in [0.1, 0.15) is 5.82 Å². The number of hydrogen-bond acceptors (Lipinski definition) is 3. The van der Waals surface area contributed by atoms with E-state index in [1.165, 1.54) is 12.1 Å². The molecule has 2 fully saturated rings. The fraction of sp³-hybridized carbons (Fsp3) is 0.409. The van der Waals surface area contributed by atoms with Crippen molar-refractivity contribution in [2.45, 2.75) is 31.3 Å². The van der Waals surface area contributed by atoms with Crippen molar-refractivity contribution in [2.24, 2.45) is 11.8 Å². The van der Waals surface area contributed by atoms with Crippen LogP contribution in [-0.2, 0) is 4.79 Å². The monoisotopic (exact) mass is 366 g/mol. The molecule has 0 bridgehead atoms. The topological polar surface area (TPSA) is 52.6 Å². The van der Waals surface area contributed by atoms with Crippen LogP contribution < -0.4 is 5.32 Å². The summed E-state index contributed by atoms with van der Waals surface area (Å²) in [5.41, 5.74) is 3.82. The molecular weight excluding hydrogens is 343 g/mol. The number of hydrogen-bond donors (Lipinski definition) is 2. The summed E-state index contributed by atoms with van der Waals surface area (Å²) in [4.78, 5) is 14.9. The number of halogens is 1. The van der Waals surface area contributed by atoms with Gasteiger partial charge in [0, 0.05) is 24.1 Å². The zero-order valence-corrected chi connectivity index (χ0v) is 15.1. The first-order chi connectivity index (χ1) is 13.2. The van der Waals surface area contributed by atoms with Crippen LogP contribution in [0, 0.1) is 17.7 Å². The van der Waals surface area contributed by atoms with Crippen molar-refractivity contribution in [1.82, 2.24) is 4.90 Å². The molecule has 27 heavy (non-hydrogen) atoms. The number of carbonyl (C=O) groups is 1. The molecule has 2 aromatic rings. The largest absolute Gasteiger partial charge is 0.394 e. The zero-order valence-electron chi connectivity index (χ0n) is 15.1. The SMILES string of the molecule is O=C(C1CC1)N1CC[C@H]2[C@H](CO)Nc3ccc(-c4cccc(F)c4)cc3[C@H]21. The van der Waals surface area contributed by atoms with Crippen LogP contribution in [0.15, 0.2) is 42.5 Å². The molecule has 3 aliphatic rings. The Hall–Kier alpha value is -2.40. The van der Waals surface area contributed by atoms with E-state index >= 15 is 0 Å². The second kappa shape index (κ2) is 6.34. The smallest absolute Gasteiger partial charge is 0.226 e. The fourth-order valence-electron chi connectivity index (χ4n) is 4.72. The highest BCUT2D eigenvalue weighted by Gasteiger charge is 2.48. The van der Waals surface area contributed by atoms with Gasteiger partial charge in [0.25, 0.3) is 0 Å². The number of benzene rings is 2. The highest BCUT2D eigenvalue weighted by atomic mass is 19.1. The molecule has 4 nitrogen and oxygen atoms in total. The Kier molecular flexibility index (Phi) is 3.93. The van der Waals surface area contributed by atoms with Gasteiger partial charge in [-0.25, -0.2) is 4.39 Å². The molecule has 0 unspecified atom stereocenters. The molecule has 3 atom stereocenters. The predicted molar refractivity (Wildman–Crippen MR) is 102 cm³/mol. The second-order valence-corrected chi connectivity index (χ2v) is 7.95. The number of aliphatic hydroxyl groups is 1. The average Bonchev–Trinajstić information content (AvgIpc) is 3.44. The third-order valence-corrected chi connectivity index (χ3v) is 6.24. The molecule has 1 aliphatic carbocycles. The summed E-state index contributed by atoms with van der Waals surface area (Å²) in [7, 11) is 0. The van der Waals surface area contributed by atoms with E-state index < -0.39 is 0 Å². The molecule has 2 N–H and O–H groups in total. The van der Waals surface area contributed by atoms with E-state index in [0.29, 0.717) is 0 Å². The number of aliphatic hydroxyl groups excluding tert-OH is 1. The van der Waals surface area contributed by atoms with Crippen LogP contribution in [0.5, 0.6) is 0 Å². The van der Waals surface area contributed by atoms with Gasteiger partial charge in [-0.05, 0) is 60.2 Å². The Morgan fingerprint density at radius 3 is 2.70 bits per heavy atom. The third-order valence-electron chi connectivity index (χ3n) is 6.24. The molecule has 0 radical (unpaired) electrons. The minimum atomic E-state index is -0.257. The molecule has 0 aromatic heterocycles. The molecule has 5 heteroatoms. The van der Waals surface area contributed by atoms with Crippen molar-refractivity contribution >= 4 is 11.6 Å². The van der Waals surface area contributed by atoms with Crippen molar-refractivity contribution in [2.75, 3.05) is 18.5 Å². The number of nitrogens with zero attached hydrogens (tertiary/aromatic N) is 1. The first-order valence-corrected chi connectivity index (χ1v) is 9.73. The molecule has 5 rings (SSSR count). The Morgan fingerprint density at radius 2 is 1.96 bits per heavy atom. The average molecular weight is 366 g/mol. The van der Waals surface area contributed by atoms with Crippen molar-refractivity contribution in [3.05, 3.63) is 53.8 Å². The van der Waals surface area contributed by atoms with Crippen LogP contribution in [0.2, 0.25) is 0 Å². The minimum Gasteiger partial charge on any atom is -0.394 e. The van der Waals surface area contributed by atoms with Gasteiger partial charge in [-0.1, -0.05) is 18.2 Å². The quantitative estimate of drug-likeness (QED) is 0.873. The lowest BCUT2D eigenvalue weighted by molar-refractivity contribution is -0.134. The van der Waals surface area contributed by atoms with Crippen LogP contribution in [-0.4, -0.2) is 35.1 Å². The van der Waals surface area contributed by atoms with Gasteiger partial charge >= 0.3 is 0 Å². The number of rotatable bonds is 3. The van der Waals surface area contributed by atoms with E-state index in [2.05, 4.69) is 11.4 Å². The van der Waals surface area contributed by atoms with Crippen LogP contribution in [0.3, 0.4) is 0 Å². The maximum atomic E-state index is 13.7. The molecule has 140 valence electrons. The molecule has 1 saturated carbocycles. The minimum absolute atomic E-state index is 0.0139. The standard InChI is InChI=1S/C22H23FN2O2/c23-16-3-1-2-14(10-16)15-6-7-19-18(11-15)21-17(20(12-26)24-19)8-9-25(21)22(27)13-4-5-13/h1-3,6-7,10-11,13,17,20-21,24,26H,4-5,8-9,12H2/t17-,20-,21-/m0/s1. The summed E-state index contributed by atoms with van der Waals surface area (Å²) in [6.07, 6.45) is 2.88. The van der Waals surface area contributed by atoms with Crippen LogP contribution in [0.25, 0.3) is 11.1 Å². The van der Waals surface area contributed by atoms with Gasteiger partial charge in [-0.15, -0.1) is 0 Å². The highest BCUT2D eigenvalue weighted by Crippen LogP contribution is 2.49. The number of carbonyl (C=O) groups excluding carboxylic acids is 1. The lowest BCUT2D eigenvalue weighted by atomic mass is 9.82. The number of fused-ring (bicyclic) bond motifs is 3. The number of likely N-dealkylation sites (tertiary alicyclic amines) is 1. The maximum absolute atomic E-state index is 13.7. The first kappa shape index (κ1) is 16.8. The highest BCUT2D eigenvalue weighted by molar-refractivity contribution is 5.83. The Morgan fingerprint density at radius 1 is 1.15 bits per heavy atom. The summed E-state index contributed by atoms with van der Waals surface area (Å²) in [5.74, 6) is 0.380. The number of nitrogens with one attached hydrogen (secondary N) is 1. The van der Waals surface area contributed by atoms with Crippen LogP contribution >= 0.6 is 0 Å². The summed E-state index contributed by atoms with van der Waals surface area (Å²) in [6, 6.07) is 12.6. The Balaban J connectivity index is 1.58. The fourth-order valence-corrected chi connectivity index (χ4v) is 4.72. The molecule has 0 spiro atoms. The van der Waals surface area contributed by atoms with Crippen LogP contribution in [0.4, 0.5) is 10.1 Å². The van der Waals surface area contributed by atoms with Gasteiger partial charge in [0.15, 0.2) is 0 Å². The van der Waals surface area contributed by atoms with Gasteiger partial charge in [0.2, 0.25) is 5.91 Å². The molecule has 2 heterocycles. The number of amides is 1. The van der Waals surface area contributed by atoms with E-state index in [9.17, 15) is 14.3 Å². The van der Waals surface area contributed by atoms with Crippen molar-refractivity contribution < 1.29 is 14.3 Å². The normalized spacial score (nSPS) is 26.3. The van der Waals surface area contributed by atoms with Gasteiger partial charge in [-0.3, -0.25) is 4.79 Å². The first-order valence-electron chi connectivity index (χ1n) is 9.73. The summed E-state index contributed by atoms with van der Waals surface area (Å²) < 4.78 is 13.7. The number of anilines is 1. The molecule has 1 amide bonds. The zero-order chi connectivity index (χ0) is 18.5. The van der Waals surface area contributed by atoms with E-state index in [-0.39, 0.29) is 42.3 Å². The predicted octanol–water partition coefficient (Wildman–Crippen LogP) is 3.58. The van der Waals surface area contributed by atoms with Gasteiger partial charge < -0.3 is 15.3 Å². The van der Waals surface area contributed by atoms with E-state index in [1.807, 2.05) is 23.1 Å². The summed E-state index contributed by atoms with van der Waals surface area (Å²) in [5, 5.41) is 13.3. The van der Waals surface area contributed by atoms with E-state index in [4.69, 9.17) is 0 Å². The Labute approximate surface area is 158 Å². The maximum Gasteiger partial charge on any atom is 0.226 e. The summed E-state index contributed by atoms with van der Waals surface area (Å²) in [6.45, 7) is 0.796. The molecular formula is C22H23FN2O2. The lowest BCUT2D eigenvalue weighted by Crippen LogP contribution is -2.43. The van der Waals surface area contributed by atoms with Crippen LogP contribution in [0.1, 0.15) is 30.9 Å². The Bertz CT molecular complexity index is 896. The summed E-state index contributed by atoms with van der Waals surface area (Å²) >= 11 is 0. The third kappa shape index (κ3) is 2.81. The van der Waals surface area contributed by atoms with Crippen molar-refractivity contribution in [1.29, 1.82) is 0 Å². The van der Waals surface area contributed by atoms with Gasteiger partial charge in [-0.2, -0.15) is 0 Å². The second-order valence-electron chi connectivity index (χ2n) is 7.95. The van der Waals surface area contributed by atoms with E-state index in [1.54, 1.807) is 6.07 Å². The van der Waals surface area contributed by atoms with Gasteiger partial charge in [0.05, 0.1) is 18.7 Å². The molecule has 1 saturated heterocycles. The molecule has 2 aliphatic heterocycles. The lowest BCUT2D eigenvalue weighted by Gasteiger charge is -2.39. The molecule has 2 aromatic carbocycles. The van der Waals surface area contributed by atoms with Crippen molar-refractivity contribution in [3.8, 4) is 11.1 Å². The van der Waals surface area contributed by atoms with Crippen molar-refractivity contribution in [3.63, 3.8) is 0 Å². The van der Waals surface area contributed by atoms with E-state index in [0.717, 1.165) is 48.2 Å².